The predicted octanol–water partition coefficient (Wildman–Crippen LogP) is 4.15. The number of nitrogens with one attached hydrogen (secondary N) is 2. The molecule has 0 saturated heterocycles. The molecule has 1 amide bonds. The number of benzene rings is 2. The number of carbonyl (C=O) groups excluding carboxylic acids is 2. The number of anilines is 1. The van der Waals surface area contributed by atoms with Gasteiger partial charge in [-0.25, -0.2) is 0 Å². The van der Waals surface area contributed by atoms with E-state index in [1.165, 1.54) is 21.1 Å². The predicted molar refractivity (Wildman–Crippen MR) is 104 cm³/mol. The quantitative estimate of drug-likeness (QED) is 0.644. The highest BCUT2D eigenvalue weighted by Crippen LogP contribution is 2.30. The van der Waals surface area contributed by atoms with Gasteiger partial charge < -0.3 is 19.8 Å². The Hall–Kier alpha value is -3.54. The lowest BCUT2D eigenvalue weighted by atomic mass is 10.1. The highest BCUT2D eigenvalue weighted by molar-refractivity contribution is 6.08. The molecular weight excluding hydrogens is 344 g/mol. The summed E-state index contributed by atoms with van der Waals surface area (Å²) in [6, 6.07) is 14.2. The molecule has 0 atom stereocenters. The minimum atomic E-state index is -0.319. The van der Waals surface area contributed by atoms with Crippen LogP contribution in [-0.2, 0) is 0 Å². The second-order valence-electron chi connectivity index (χ2n) is 5.92. The third kappa shape index (κ3) is 3.84. The summed E-state index contributed by atoms with van der Waals surface area (Å²) >= 11 is 0. The number of ether oxygens (including phenoxy) is 2. The molecule has 138 valence electrons. The lowest BCUT2D eigenvalue weighted by molar-refractivity contribution is 0.100. The Bertz CT molecular complexity index is 991. The van der Waals surface area contributed by atoms with Crippen LogP contribution in [-0.4, -0.2) is 30.9 Å². The number of Topliss-reactive ketones (excluding diaryl/α,β-unsaturated/α-hetero) is 1. The number of para-hydroxylation sites is 1. The first-order valence-electron chi connectivity index (χ1n) is 8.35. The molecule has 1 heterocycles. The lowest BCUT2D eigenvalue weighted by Crippen LogP contribution is -2.14. The number of amides is 1. The van der Waals surface area contributed by atoms with Crippen LogP contribution in [0.2, 0.25) is 0 Å². The van der Waals surface area contributed by atoms with Crippen molar-refractivity contribution in [3.8, 4) is 22.6 Å². The molecular formula is C21H20N2O4. The Kier molecular flexibility index (Phi) is 5.26. The fourth-order valence-electron chi connectivity index (χ4n) is 2.78. The Morgan fingerprint density at radius 3 is 2.44 bits per heavy atom. The van der Waals surface area contributed by atoms with Gasteiger partial charge in [0.1, 0.15) is 11.5 Å². The number of ketones is 1. The van der Waals surface area contributed by atoms with Crippen LogP contribution in [0.5, 0.6) is 11.5 Å². The molecule has 0 saturated carbocycles. The average molecular weight is 364 g/mol. The van der Waals surface area contributed by atoms with Gasteiger partial charge in [-0.05, 0) is 30.3 Å². The molecule has 0 aliphatic heterocycles. The largest absolute Gasteiger partial charge is 0.497 e. The van der Waals surface area contributed by atoms with Crippen LogP contribution in [0.25, 0.3) is 11.1 Å². The van der Waals surface area contributed by atoms with Crippen LogP contribution in [0.4, 0.5) is 5.69 Å². The van der Waals surface area contributed by atoms with Crippen LogP contribution < -0.4 is 14.8 Å². The number of carbonyl (C=O) groups is 2. The third-order valence-corrected chi connectivity index (χ3v) is 4.20. The van der Waals surface area contributed by atoms with Crippen molar-refractivity contribution in [2.75, 3.05) is 19.5 Å². The smallest absolute Gasteiger partial charge is 0.259 e. The molecule has 2 N–H and O–H groups in total. The molecule has 6 heteroatoms. The van der Waals surface area contributed by atoms with E-state index in [0.717, 1.165) is 11.1 Å². The van der Waals surface area contributed by atoms with Gasteiger partial charge in [0.2, 0.25) is 0 Å². The number of rotatable bonds is 6. The molecule has 0 aliphatic rings. The highest BCUT2D eigenvalue weighted by Gasteiger charge is 2.16. The number of hydrogen-bond acceptors (Lipinski definition) is 4. The molecule has 1 aromatic heterocycles. The number of aromatic amines is 1. The molecule has 0 fully saturated rings. The van der Waals surface area contributed by atoms with Crippen LogP contribution in [0, 0.1) is 0 Å². The first kappa shape index (κ1) is 18.3. The minimum Gasteiger partial charge on any atom is -0.497 e. The number of methoxy groups -OCH3 is 2. The van der Waals surface area contributed by atoms with E-state index in [-0.39, 0.29) is 11.7 Å². The molecule has 0 spiro atoms. The topological polar surface area (TPSA) is 80.4 Å². The zero-order chi connectivity index (χ0) is 19.4. The lowest BCUT2D eigenvalue weighted by Gasteiger charge is -2.13. The van der Waals surface area contributed by atoms with E-state index in [4.69, 9.17) is 9.47 Å². The van der Waals surface area contributed by atoms with Gasteiger partial charge in [-0.1, -0.05) is 18.2 Å². The van der Waals surface area contributed by atoms with Gasteiger partial charge >= 0.3 is 0 Å². The zero-order valence-electron chi connectivity index (χ0n) is 15.3. The Balaban J connectivity index is 1.94. The molecule has 3 rings (SSSR count). The van der Waals surface area contributed by atoms with Crippen molar-refractivity contribution in [1.29, 1.82) is 0 Å². The maximum atomic E-state index is 12.9. The molecule has 2 aromatic carbocycles. The van der Waals surface area contributed by atoms with E-state index in [1.807, 2.05) is 18.2 Å². The van der Waals surface area contributed by atoms with Crippen LogP contribution >= 0.6 is 0 Å². The average Bonchev–Trinajstić information content (AvgIpc) is 3.18. The third-order valence-electron chi connectivity index (χ3n) is 4.20. The van der Waals surface area contributed by atoms with E-state index >= 15 is 0 Å². The van der Waals surface area contributed by atoms with Crippen molar-refractivity contribution >= 4 is 17.4 Å². The summed E-state index contributed by atoms with van der Waals surface area (Å²) in [7, 11) is 3.05. The summed E-state index contributed by atoms with van der Waals surface area (Å²) in [4.78, 5) is 27.3. The summed E-state index contributed by atoms with van der Waals surface area (Å²) < 4.78 is 10.5. The van der Waals surface area contributed by atoms with Gasteiger partial charge in [0.15, 0.2) is 5.78 Å². The number of H-pyrrole nitrogens is 1. The second kappa shape index (κ2) is 7.78. The first-order valence-corrected chi connectivity index (χ1v) is 8.35. The molecule has 3 aromatic rings. The van der Waals surface area contributed by atoms with E-state index in [2.05, 4.69) is 10.3 Å². The summed E-state index contributed by atoms with van der Waals surface area (Å²) in [5.41, 5.74) is 3.12. The summed E-state index contributed by atoms with van der Waals surface area (Å²) in [5.74, 6) is 0.640. The summed E-state index contributed by atoms with van der Waals surface area (Å²) in [6.45, 7) is 1.50. The van der Waals surface area contributed by atoms with Gasteiger partial charge in [0.05, 0.1) is 25.5 Å². The number of hydrogen-bond donors (Lipinski definition) is 2. The van der Waals surface area contributed by atoms with E-state index in [0.29, 0.717) is 28.4 Å². The van der Waals surface area contributed by atoms with E-state index in [9.17, 15) is 9.59 Å². The van der Waals surface area contributed by atoms with E-state index in [1.54, 1.807) is 36.5 Å². The number of aromatic nitrogens is 1. The van der Waals surface area contributed by atoms with Gasteiger partial charge in [-0.2, -0.15) is 0 Å². The molecule has 0 bridgehead atoms. The maximum Gasteiger partial charge on any atom is 0.259 e. The van der Waals surface area contributed by atoms with Crippen molar-refractivity contribution in [3.63, 3.8) is 0 Å². The highest BCUT2D eigenvalue weighted by atomic mass is 16.5. The Morgan fingerprint density at radius 1 is 1.00 bits per heavy atom. The minimum absolute atomic E-state index is 0.0520. The van der Waals surface area contributed by atoms with E-state index < -0.39 is 0 Å². The van der Waals surface area contributed by atoms with Gasteiger partial charge in [0, 0.05) is 29.9 Å². The summed E-state index contributed by atoms with van der Waals surface area (Å²) in [6.07, 6.45) is 1.74. The van der Waals surface area contributed by atoms with Crippen molar-refractivity contribution in [2.24, 2.45) is 0 Å². The van der Waals surface area contributed by atoms with Crippen LogP contribution in [0.3, 0.4) is 0 Å². The van der Waals surface area contributed by atoms with Gasteiger partial charge in [0.25, 0.3) is 5.91 Å². The second-order valence-corrected chi connectivity index (χ2v) is 5.92. The standard InChI is InChI=1S/C21H20N2O4/c1-13(24)19-10-14(12-22-19)16-6-4-5-7-18(16)23-21(25)17-11-15(26-2)8-9-20(17)27-3/h4-12,22H,1-3H3,(H,23,25). The van der Waals surface area contributed by atoms with Gasteiger partial charge in [-0.3, -0.25) is 9.59 Å². The van der Waals surface area contributed by atoms with Crippen LogP contribution in [0.1, 0.15) is 27.8 Å². The normalized spacial score (nSPS) is 10.3. The van der Waals surface area contributed by atoms with Gasteiger partial charge in [-0.15, -0.1) is 0 Å². The van der Waals surface area contributed by atoms with Crippen molar-refractivity contribution in [1.82, 2.24) is 4.98 Å². The fraction of sp³-hybridized carbons (Fsp3) is 0.143. The molecule has 27 heavy (non-hydrogen) atoms. The first-order chi connectivity index (χ1) is 13.0. The molecule has 0 unspecified atom stereocenters. The fourth-order valence-corrected chi connectivity index (χ4v) is 2.78. The molecule has 6 nitrogen and oxygen atoms in total. The molecule has 0 radical (unpaired) electrons. The monoisotopic (exact) mass is 364 g/mol. The zero-order valence-corrected chi connectivity index (χ0v) is 15.3. The Labute approximate surface area is 157 Å². The molecule has 0 aliphatic carbocycles. The Morgan fingerprint density at radius 2 is 1.78 bits per heavy atom. The van der Waals surface area contributed by atoms with Crippen LogP contribution in [0.15, 0.2) is 54.7 Å². The van der Waals surface area contributed by atoms with Crippen molar-refractivity contribution in [2.45, 2.75) is 6.92 Å². The summed E-state index contributed by atoms with van der Waals surface area (Å²) in [5, 5.41) is 2.92. The van der Waals surface area contributed by atoms with Crippen molar-refractivity contribution in [3.05, 3.63) is 66.0 Å². The van der Waals surface area contributed by atoms with Crippen molar-refractivity contribution < 1.29 is 19.1 Å². The maximum absolute atomic E-state index is 12.9. The SMILES string of the molecule is COc1ccc(OC)c(C(=O)Nc2ccccc2-c2c[nH]c(C(C)=O)c2)c1.